The summed E-state index contributed by atoms with van der Waals surface area (Å²) in [6.45, 7) is 6.44. The number of amides is 1. The fourth-order valence-corrected chi connectivity index (χ4v) is 5.53. The fraction of sp³-hybridized carbons (Fsp3) is 0.632. The fourth-order valence-electron chi connectivity index (χ4n) is 4.11. The van der Waals surface area contributed by atoms with E-state index in [-0.39, 0.29) is 10.8 Å². The Kier molecular flexibility index (Phi) is 5.99. The van der Waals surface area contributed by atoms with E-state index in [0.717, 1.165) is 19.0 Å². The van der Waals surface area contributed by atoms with Crippen molar-refractivity contribution >= 4 is 21.6 Å². The number of sulfonamides is 1. The first-order chi connectivity index (χ1) is 12.4. The summed E-state index contributed by atoms with van der Waals surface area (Å²) in [7, 11) is -3.48. The Morgan fingerprint density at radius 2 is 1.73 bits per heavy atom. The maximum Gasteiger partial charge on any atom is 0.243 e. The number of rotatable bonds is 4. The summed E-state index contributed by atoms with van der Waals surface area (Å²) >= 11 is 0. The molecule has 1 N–H and O–H groups in total. The number of nitrogens with zero attached hydrogens (tertiary/aromatic N) is 2. The van der Waals surface area contributed by atoms with Crippen molar-refractivity contribution in [1.82, 2.24) is 9.21 Å². The molecule has 1 aliphatic heterocycles. The van der Waals surface area contributed by atoms with Crippen LogP contribution in [0.15, 0.2) is 29.2 Å². The second-order valence-electron chi connectivity index (χ2n) is 7.57. The summed E-state index contributed by atoms with van der Waals surface area (Å²) < 4.78 is 27.3. The number of hydrogen-bond donors (Lipinski definition) is 1. The minimum atomic E-state index is -3.48. The van der Waals surface area contributed by atoms with E-state index in [1.807, 2.05) is 0 Å². The number of anilines is 1. The molecule has 3 rings (SSSR count). The summed E-state index contributed by atoms with van der Waals surface area (Å²) in [5.74, 6) is 0.603. The first-order valence-corrected chi connectivity index (χ1v) is 10.9. The van der Waals surface area contributed by atoms with Crippen LogP contribution in [0.25, 0.3) is 0 Å². The molecule has 0 aromatic heterocycles. The molecule has 2 atom stereocenters. The molecule has 7 heteroatoms. The number of hydrogen-bond acceptors (Lipinski definition) is 4. The van der Waals surface area contributed by atoms with Gasteiger partial charge in [0, 0.05) is 44.8 Å². The van der Waals surface area contributed by atoms with Crippen LogP contribution < -0.4 is 5.32 Å². The summed E-state index contributed by atoms with van der Waals surface area (Å²) in [4.78, 5) is 13.8. The van der Waals surface area contributed by atoms with Crippen LogP contribution in [-0.2, 0) is 14.8 Å². The van der Waals surface area contributed by atoms with Gasteiger partial charge in [-0.05, 0) is 43.0 Å². The highest BCUT2D eigenvalue weighted by Gasteiger charge is 2.32. The van der Waals surface area contributed by atoms with E-state index in [9.17, 15) is 13.2 Å². The maximum absolute atomic E-state index is 12.9. The quantitative estimate of drug-likeness (QED) is 0.873. The predicted molar refractivity (Wildman–Crippen MR) is 102 cm³/mol. The van der Waals surface area contributed by atoms with Crippen molar-refractivity contribution in [3.05, 3.63) is 24.3 Å². The number of carbonyl (C=O) groups is 1. The van der Waals surface area contributed by atoms with Crippen molar-refractivity contribution < 1.29 is 13.2 Å². The molecule has 1 amide bonds. The molecule has 1 saturated carbocycles. The van der Waals surface area contributed by atoms with Crippen LogP contribution in [-0.4, -0.2) is 55.8 Å². The normalized spacial score (nSPS) is 25.8. The first-order valence-electron chi connectivity index (χ1n) is 9.48. The highest BCUT2D eigenvalue weighted by atomic mass is 32.2. The van der Waals surface area contributed by atoms with Crippen molar-refractivity contribution in [2.45, 2.75) is 50.5 Å². The van der Waals surface area contributed by atoms with Gasteiger partial charge in [-0.25, -0.2) is 8.42 Å². The van der Waals surface area contributed by atoms with E-state index >= 15 is 0 Å². The van der Waals surface area contributed by atoms with E-state index in [0.29, 0.717) is 24.8 Å². The molecule has 0 unspecified atom stereocenters. The van der Waals surface area contributed by atoms with E-state index in [1.54, 1.807) is 28.6 Å². The smallest absolute Gasteiger partial charge is 0.243 e. The molecule has 0 bridgehead atoms. The number of carbonyl (C=O) groups excluding carboxylic acids is 1. The van der Waals surface area contributed by atoms with E-state index in [1.165, 1.54) is 32.6 Å². The highest BCUT2D eigenvalue weighted by Crippen LogP contribution is 2.28. The van der Waals surface area contributed by atoms with Crippen LogP contribution in [0.1, 0.15) is 39.5 Å². The Balaban J connectivity index is 1.61. The summed E-state index contributed by atoms with van der Waals surface area (Å²) in [5, 5.41) is 2.65. The zero-order chi connectivity index (χ0) is 18.7. The lowest BCUT2D eigenvalue weighted by molar-refractivity contribution is -0.114. The van der Waals surface area contributed by atoms with Crippen LogP contribution in [0.3, 0.4) is 0 Å². The second-order valence-corrected chi connectivity index (χ2v) is 9.51. The monoisotopic (exact) mass is 379 g/mol. The SMILES string of the molecule is CC(=O)Nc1ccc(S(=O)(=O)N2CCN([C@H]3CCC[C@@H](C)C3)CC2)cc1. The molecule has 1 aromatic carbocycles. The van der Waals surface area contributed by atoms with E-state index in [2.05, 4.69) is 17.1 Å². The van der Waals surface area contributed by atoms with Gasteiger partial charge in [-0.2, -0.15) is 4.31 Å². The molecule has 0 spiro atoms. The van der Waals surface area contributed by atoms with Crippen LogP contribution in [0.2, 0.25) is 0 Å². The Morgan fingerprint density at radius 3 is 2.31 bits per heavy atom. The van der Waals surface area contributed by atoms with Gasteiger partial charge in [0.15, 0.2) is 0 Å². The lowest BCUT2D eigenvalue weighted by Crippen LogP contribution is -2.52. The predicted octanol–water partition coefficient (Wildman–Crippen LogP) is 2.53. The molecule has 26 heavy (non-hydrogen) atoms. The van der Waals surface area contributed by atoms with Crippen molar-refractivity contribution in [2.75, 3.05) is 31.5 Å². The molecule has 0 radical (unpaired) electrons. The van der Waals surface area contributed by atoms with Crippen LogP contribution in [0.5, 0.6) is 0 Å². The van der Waals surface area contributed by atoms with Crippen molar-refractivity contribution in [3.63, 3.8) is 0 Å². The topological polar surface area (TPSA) is 69.7 Å². The first kappa shape index (κ1) is 19.3. The minimum Gasteiger partial charge on any atom is -0.326 e. The average molecular weight is 380 g/mol. The van der Waals surface area contributed by atoms with E-state index in [4.69, 9.17) is 0 Å². The summed E-state index contributed by atoms with van der Waals surface area (Å²) in [5.41, 5.74) is 0.604. The van der Waals surface area contributed by atoms with Crippen LogP contribution in [0, 0.1) is 5.92 Å². The van der Waals surface area contributed by atoms with Gasteiger partial charge < -0.3 is 5.32 Å². The number of piperazine rings is 1. The van der Waals surface area contributed by atoms with Crippen molar-refractivity contribution in [1.29, 1.82) is 0 Å². The van der Waals surface area contributed by atoms with Gasteiger partial charge in [0.1, 0.15) is 0 Å². The Hall–Kier alpha value is -1.44. The third-order valence-corrected chi connectivity index (χ3v) is 7.42. The molecule has 6 nitrogen and oxygen atoms in total. The Bertz CT molecular complexity index is 725. The van der Waals surface area contributed by atoms with Gasteiger partial charge >= 0.3 is 0 Å². The third kappa shape index (κ3) is 4.45. The highest BCUT2D eigenvalue weighted by molar-refractivity contribution is 7.89. The third-order valence-electron chi connectivity index (χ3n) is 5.51. The molecule has 2 aliphatic rings. The summed E-state index contributed by atoms with van der Waals surface area (Å²) in [6.07, 6.45) is 5.07. The molecule has 1 aromatic rings. The maximum atomic E-state index is 12.9. The lowest BCUT2D eigenvalue weighted by atomic mass is 9.86. The van der Waals surface area contributed by atoms with Gasteiger partial charge in [-0.15, -0.1) is 0 Å². The second kappa shape index (κ2) is 8.06. The van der Waals surface area contributed by atoms with Gasteiger partial charge in [0.2, 0.25) is 15.9 Å². The number of nitrogens with one attached hydrogen (secondary N) is 1. The standard InChI is InChI=1S/C19H29N3O3S/c1-15-4-3-5-18(14-15)21-10-12-22(13-11-21)26(24,25)19-8-6-17(7-9-19)20-16(2)23/h6-9,15,18H,3-5,10-14H2,1-2H3,(H,20,23)/t15-,18+/m1/s1. The Labute approximate surface area is 156 Å². The molecule has 1 heterocycles. The lowest BCUT2D eigenvalue weighted by Gasteiger charge is -2.41. The molecular weight excluding hydrogens is 350 g/mol. The largest absolute Gasteiger partial charge is 0.326 e. The minimum absolute atomic E-state index is 0.172. The van der Waals surface area contributed by atoms with Crippen molar-refractivity contribution in [3.8, 4) is 0 Å². The summed E-state index contributed by atoms with van der Waals surface area (Å²) in [6, 6.07) is 7.01. The molecule has 2 fully saturated rings. The molecule has 1 aliphatic carbocycles. The molecule has 144 valence electrons. The van der Waals surface area contributed by atoms with Crippen molar-refractivity contribution in [2.24, 2.45) is 5.92 Å². The van der Waals surface area contributed by atoms with Crippen LogP contribution in [0.4, 0.5) is 5.69 Å². The van der Waals surface area contributed by atoms with Crippen LogP contribution >= 0.6 is 0 Å². The average Bonchev–Trinajstić information content (AvgIpc) is 2.62. The van der Waals surface area contributed by atoms with Gasteiger partial charge in [0.05, 0.1) is 4.90 Å². The molecule has 1 saturated heterocycles. The zero-order valence-electron chi connectivity index (χ0n) is 15.6. The van der Waals surface area contributed by atoms with Gasteiger partial charge in [-0.3, -0.25) is 9.69 Å². The Morgan fingerprint density at radius 1 is 1.08 bits per heavy atom. The van der Waals surface area contributed by atoms with Gasteiger partial charge in [0.25, 0.3) is 0 Å². The van der Waals surface area contributed by atoms with Gasteiger partial charge in [-0.1, -0.05) is 19.8 Å². The number of benzene rings is 1. The molecular formula is C19H29N3O3S. The zero-order valence-corrected chi connectivity index (χ0v) is 16.5. The van der Waals surface area contributed by atoms with E-state index < -0.39 is 10.0 Å².